The predicted octanol–water partition coefficient (Wildman–Crippen LogP) is 4.33. The summed E-state index contributed by atoms with van der Waals surface area (Å²) in [7, 11) is 0. The van der Waals surface area contributed by atoms with Crippen molar-refractivity contribution in [1.82, 2.24) is 0 Å². The SMILES string of the molecule is CCC(C)C1(C(=O)O)CCCCC1(C(=O)O)C1CCCCC1. The summed E-state index contributed by atoms with van der Waals surface area (Å²) in [6, 6.07) is 0. The molecule has 0 spiro atoms. The molecular weight excluding hydrogens is 280 g/mol. The average Bonchev–Trinajstić information content (AvgIpc) is 2.54. The van der Waals surface area contributed by atoms with Crippen LogP contribution in [0.1, 0.15) is 78.1 Å². The minimum absolute atomic E-state index is 0.0177. The molecule has 4 heteroatoms. The van der Waals surface area contributed by atoms with Gasteiger partial charge in [0.15, 0.2) is 0 Å². The van der Waals surface area contributed by atoms with Gasteiger partial charge in [-0.25, -0.2) is 0 Å². The Morgan fingerprint density at radius 3 is 2.09 bits per heavy atom. The molecule has 0 heterocycles. The summed E-state index contributed by atoms with van der Waals surface area (Å²) in [5.41, 5.74) is -2.18. The van der Waals surface area contributed by atoms with E-state index in [0.29, 0.717) is 19.3 Å². The van der Waals surface area contributed by atoms with Gasteiger partial charge in [0.05, 0.1) is 10.8 Å². The highest BCUT2D eigenvalue weighted by Crippen LogP contribution is 2.62. The Morgan fingerprint density at radius 1 is 1.00 bits per heavy atom. The maximum absolute atomic E-state index is 12.5. The van der Waals surface area contributed by atoms with E-state index in [1.165, 1.54) is 0 Å². The lowest BCUT2D eigenvalue weighted by Crippen LogP contribution is -2.61. The fourth-order valence-corrected chi connectivity index (χ4v) is 5.43. The summed E-state index contributed by atoms with van der Waals surface area (Å²) < 4.78 is 0. The molecule has 0 aliphatic heterocycles. The van der Waals surface area contributed by atoms with Gasteiger partial charge in [0.25, 0.3) is 0 Å². The first kappa shape index (κ1) is 17.3. The third-order valence-electron chi connectivity index (χ3n) is 6.71. The van der Waals surface area contributed by atoms with E-state index in [2.05, 4.69) is 0 Å². The van der Waals surface area contributed by atoms with Crippen molar-refractivity contribution in [2.75, 3.05) is 0 Å². The summed E-state index contributed by atoms with van der Waals surface area (Å²) >= 11 is 0. The quantitative estimate of drug-likeness (QED) is 0.792. The number of aliphatic carboxylic acids is 2. The smallest absolute Gasteiger partial charge is 0.311 e. The van der Waals surface area contributed by atoms with Gasteiger partial charge in [-0.3, -0.25) is 9.59 Å². The molecule has 2 N–H and O–H groups in total. The minimum atomic E-state index is -1.10. The van der Waals surface area contributed by atoms with Crippen molar-refractivity contribution in [1.29, 1.82) is 0 Å². The van der Waals surface area contributed by atoms with E-state index >= 15 is 0 Å². The lowest BCUT2D eigenvalue weighted by Gasteiger charge is -2.55. The van der Waals surface area contributed by atoms with Crippen molar-refractivity contribution < 1.29 is 19.8 Å². The Labute approximate surface area is 133 Å². The zero-order chi connectivity index (χ0) is 16.4. The molecule has 3 unspecified atom stereocenters. The number of carbonyl (C=O) groups is 2. The highest BCUT2D eigenvalue weighted by Gasteiger charge is 2.66. The topological polar surface area (TPSA) is 74.6 Å². The molecule has 0 saturated heterocycles. The first-order valence-corrected chi connectivity index (χ1v) is 8.90. The molecule has 0 aromatic carbocycles. The molecule has 4 nitrogen and oxygen atoms in total. The average molecular weight is 310 g/mol. The molecule has 2 aliphatic carbocycles. The van der Waals surface area contributed by atoms with Gasteiger partial charge < -0.3 is 10.2 Å². The molecule has 0 aromatic heterocycles. The number of hydrogen-bond acceptors (Lipinski definition) is 2. The first-order valence-electron chi connectivity index (χ1n) is 8.90. The molecule has 2 fully saturated rings. The lowest BCUT2D eigenvalue weighted by molar-refractivity contribution is -0.197. The summed E-state index contributed by atoms with van der Waals surface area (Å²) in [4.78, 5) is 24.8. The summed E-state index contributed by atoms with van der Waals surface area (Å²) in [6.07, 6.45) is 8.40. The third kappa shape index (κ3) is 2.35. The molecule has 126 valence electrons. The van der Waals surface area contributed by atoms with Gasteiger partial charge in [0.1, 0.15) is 0 Å². The summed E-state index contributed by atoms with van der Waals surface area (Å²) in [6.45, 7) is 3.93. The minimum Gasteiger partial charge on any atom is -0.481 e. The van der Waals surface area contributed by atoms with Gasteiger partial charge >= 0.3 is 11.9 Å². The van der Waals surface area contributed by atoms with Gasteiger partial charge in [-0.05, 0) is 37.5 Å². The van der Waals surface area contributed by atoms with Gasteiger partial charge in [-0.15, -0.1) is 0 Å². The fraction of sp³-hybridized carbons (Fsp3) is 0.889. The van der Waals surface area contributed by atoms with Crippen molar-refractivity contribution in [3.8, 4) is 0 Å². The van der Waals surface area contributed by atoms with Gasteiger partial charge in [0, 0.05) is 0 Å². The Kier molecular flexibility index (Phi) is 5.18. The van der Waals surface area contributed by atoms with Crippen LogP contribution in [0.4, 0.5) is 0 Å². The standard InChI is InChI=1S/C18H30O4/c1-3-13(2)17(15(19)20)11-7-8-12-18(17,16(21)22)14-9-5-4-6-10-14/h13-14H,3-12H2,1-2H3,(H,19,20)(H,21,22). The van der Waals surface area contributed by atoms with Crippen LogP contribution in [-0.4, -0.2) is 22.2 Å². The first-order chi connectivity index (χ1) is 10.4. The van der Waals surface area contributed by atoms with Crippen molar-refractivity contribution in [3.05, 3.63) is 0 Å². The molecule has 0 amide bonds. The number of hydrogen-bond donors (Lipinski definition) is 2. The van der Waals surface area contributed by atoms with Crippen LogP contribution in [0.5, 0.6) is 0 Å². The Morgan fingerprint density at radius 2 is 1.59 bits per heavy atom. The molecule has 3 atom stereocenters. The zero-order valence-corrected chi connectivity index (χ0v) is 13.9. The number of carboxylic acids is 2. The highest BCUT2D eigenvalue weighted by molar-refractivity contribution is 5.87. The van der Waals surface area contributed by atoms with Gasteiger partial charge in [-0.2, -0.15) is 0 Å². The third-order valence-corrected chi connectivity index (χ3v) is 6.71. The number of rotatable bonds is 5. The highest BCUT2D eigenvalue weighted by atomic mass is 16.4. The Bertz CT molecular complexity index is 427. The van der Waals surface area contributed by atoms with Crippen LogP contribution in [0, 0.1) is 22.7 Å². The number of carboxylic acid groups (broad SMARTS) is 2. The second-order valence-corrected chi connectivity index (χ2v) is 7.40. The maximum Gasteiger partial charge on any atom is 0.311 e. The lowest BCUT2D eigenvalue weighted by atomic mass is 9.45. The van der Waals surface area contributed by atoms with E-state index in [-0.39, 0.29) is 11.8 Å². The van der Waals surface area contributed by atoms with E-state index in [1.807, 2.05) is 13.8 Å². The van der Waals surface area contributed by atoms with Crippen molar-refractivity contribution >= 4 is 11.9 Å². The Hall–Kier alpha value is -1.06. The van der Waals surface area contributed by atoms with Crippen LogP contribution in [-0.2, 0) is 9.59 Å². The van der Waals surface area contributed by atoms with Crippen LogP contribution >= 0.6 is 0 Å². The molecule has 2 aliphatic rings. The molecule has 0 bridgehead atoms. The van der Waals surface area contributed by atoms with Crippen LogP contribution < -0.4 is 0 Å². The molecule has 0 radical (unpaired) electrons. The van der Waals surface area contributed by atoms with Crippen molar-refractivity contribution in [2.24, 2.45) is 22.7 Å². The van der Waals surface area contributed by atoms with Crippen LogP contribution in [0.2, 0.25) is 0 Å². The Balaban J connectivity index is 2.59. The van der Waals surface area contributed by atoms with Crippen molar-refractivity contribution in [3.63, 3.8) is 0 Å². The van der Waals surface area contributed by atoms with E-state index in [0.717, 1.165) is 44.9 Å². The van der Waals surface area contributed by atoms with E-state index in [1.54, 1.807) is 0 Å². The van der Waals surface area contributed by atoms with Crippen LogP contribution in [0.3, 0.4) is 0 Å². The normalized spacial score (nSPS) is 35.0. The second-order valence-electron chi connectivity index (χ2n) is 7.40. The zero-order valence-electron chi connectivity index (χ0n) is 13.9. The molecule has 0 aromatic rings. The molecular formula is C18H30O4. The van der Waals surface area contributed by atoms with E-state index in [9.17, 15) is 19.8 Å². The predicted molar refractivity (Wildman–Crippen MR) is 84.6 cm³/mol. The van der Waals surface area contributed by atoms with Crippen LogP contribution in [0.25, 0.3) is 0 Å². The molecule has 2 rings (SSSR count). The molecule has 22 heavy (non-hydrogen) atoms. The molecule has 2 saturated carbocycles. The van der Waals surface area contributed by atoms with Crippen LogP contribution in [0.15, 0.2) is 0 Å². The second kappa shape index (κ2) is 6.59. The van der Waals surface area contributed by atoms with Gasteiger partial charge in [-0.1, -0.05) is 52.4 Å². The van der Waals surface area contributed by atoms with E-state index in [4.69, 9.17) is 0 Å². The fourth-order valence-electron chi connectivity index (χ4n) is 5.43. The summed E-state index contributed by atoms with van der Waals surface area (Å²) in [5, 5.41) is 20.3. The van der Waals surface area contributed by atoms with E-state index < -0.39 is 22.8 Å². The largest absolute Gasteiger partial charge is 0.481 e. The maximum atomic E-state index is 12.5. The van der Waals surface area contributed by atoms with Gasteiger partial charge in [0.2, 0.25) is 0 Å². The summed E-state index contributed by atoms with van der Waals surface area (Å²) in [5.74, 6) is -1.83. The monoisotopic (exact) mass is 310 g/mol. The van der Waals surface area contributed by atoms with Crippen molar-refractivity contribution in [2.45, 2.75) is 78.1 Å².